The number of amides is 2. The molecule has 0 bridgehead atoms. The van der Waals surface area contributed by atoms with E-state index in [2.05, 4.69) is 22.3 Å². The monoisotopic (exact) mass is 485 g/mol. The third-order valence-electron chi connectivity index (χ3n) is 6.78. The van der Waals surface area contributed by atoms with Crippen LogP contribution in [0, 0.1) is 11.3 Å². The van der Waals surface area contributed by atoms with Crippen molar-refractivity contribution in [2.45, 2.75) is 85.5 Å². The summed E-state index contributed by atoms with van der Waals surface area (Å²) < 4.78 is 0. The molecule has 3 unspecified atom stereocenters. The van der Waals surface area contributed by atoms with Crippen molar-refractivity contribution in [3.8, 4) is 0 Å². The molecular weight excluding hydrogens is 442 g/mol. The molecule has 2 amide bonds. The van der Waals surface area contributed by atoms with Gasteiger partial charge in [-0.25, -0.2) is 4.79 Å². The van der Waals surface area contributed by atoms with E-state index in [4.69, 9.17) is 0 Å². The summed E-state index contributed by atoms with van der Waals surface area (Å²) in [5, 5.41) is 12.4. The Morgan fingerprint density at radius 2 is 1.80 bits per heavy atom. The van der Waals surface area contributed by atoms with Gasteiger partial charge in [-0.1, -0.05) is 77.4 Å². The first-order valence-electron chi connectivity index (χ1n) is 12.6. The van der Waals surface area contributed by atoms with Crippen LogP contribution in [0.3, 0.4) is 0 Å². The highest BCUT2D eigenvalue weighted by Crippen LogP contribution is 2.26. The zero-order chi connectivity index (χ0) is 26.3. The lowest BCUT2D eigenvalue weighted by Gasteiger charge is -2.40. The summed E-state index contributed by atoms with van der Waals surface area (Å²) in [7, 11) is 1.69. The van der Waals surface area contributed by atoms with Crippen molar-refractivity contribution in [2.75, 3.05) is 13.6 Å². The molecule has 0 spiro atoms. The fourth-order valence-electron chi connectivity index (χ4n) is 4.61. The first kappa shape index (κ1) is 28.6. The number of carboxylic acid groups (broad SMARTS) is 1. The van der Waals surface area contributed by atoms with Crippen LogP contribution in [-0.4, -0.2) is 64.4 Å². The number of benzene rings is 1. The van der Waals surface area contributed by atoms with Crippen LogP contribution < -0.4 is 5.32 Å². The lowest BCUT2D eigenvalue weighted by atomic mass is 9.84. The van der Waals surface area contributed by atoms with E-state index in [1.165, 1.54) is 6.92 Å². The van der Waals surface area contributed by atoms with Crippen LogP contribution >= 0.6 is 0 Å². The predicted octanol–water partition coefficient (Wildman–Crippen LogP) is 4.09. The molecule has 1 aromatic carbocycles. The lowest BCUT2D eigenvalue weighted by Crippen LogP contribution is -2.60. The van der Waals surface area contributed by atoms with E-state index in [1.54, 1.807) is 18.0 Å². The van der Waals surface area contributed by atoms with E-state index in [1.807, 2.05) is 52.8 Å². The number of likely N-dealkylation sites (tertiary alicyclic amines) is 1. The quantitative estimate of drug-likeness (QED) is 0.514. The second-order valence-corrected chi connectivity index (χ2v) is 11.1. The van der Waals surface area contributed by atoms with Crippen molar-refractivity contribution < 1.29 is 19.5 Å². The van der Waals surface area contributed by atoms with E-state index >= 15 is 0 Å². The Morgan fingerprint density at radius 3 is 2.34 bits per heavy atom. The van der Waals surface area contributed by atoms with Gasteiger partial charge in [0.05, 0.1) is 12.1 Å². The van der Waals surface area contributed by atoms with E-state index in [-0.39, 0.29) is 29.3 Å². The molecule has 0 aliphatic carbocycles. The van der Waals surface area contributed by atoms with Gasteiger partial charge in [-0.3, -0.25) is 14.5 Å². The Bertz CT molecular complexity index is 905. The number of hydrogen-bond donors (Lipinski definition) is 2. The molecule has 35 heavy (non-hydrogen) atoms. The minimum Gasteiger partial charge on any atom is -0.478 e. The van der Waals surface area contributed by atoms with Gasteiger partial charge in [0.25, 0.3) is 0 Å². The average molecular weight is 486 g/mol. The smallest absolute Gasteiger partial charge is 0.331 e. The van der Waals surface area contributed by atoms with Gasteiger partial charge < -0.3 is 15.3 Å². The number of piperidine rings is 1. The summed E-state index contributed by atoms with van der Waals surface area (Å²) in [4.78, 5) is 42.4. The number of nitrogens with zero attached hydrogens (tertiary/aromatic N) is 2. The maximum atomic E-state index is 13.7. The molecule has 3 atom stereocenters. The summed E-state index contributed by atoms with van der Waals surface area (Å²) >= 11 is 0. The Balaban J connectivity index is 2.24. The van der Waals surface area contributed by atoms with Gasteiger partial charge in [0.2, 0.25) is 11.8 Å². The molecule has 0 saturated carbocycles. The highest BCUT2D eigenvalue weighted by atomic mass is 16.4. The molecule has 0 radical (unpaired) electrons. The van der Waals surface area contributed by atoms with E-state index in [0.717, 1.165) is 31.4 Å². The molecule has 1 aromatic rings. The number of carboxylic acids is 1. The number of rotatable bonds is 9. The van der Waals surface area contributed by atoms with Crippen LogP contribution in [0.25, 0.3) is 0 Å². The molecule has 0 aromatic heterocycles. The molecule has 7 nitrogen and oxygen atoms in total. The molecule has 194 valence electrons. The normalized spacial score (nSPS) is 19.2. The van der Waals surface area contributed by atoms with Crippen molar-refractivity contribution in [3.05, 3.63) is 47.5 Å². The van der Waals surface area contributed by atoms with Crippen LogP contribution in [0.4, 0.5) is 0 Å². The number of carbonyl (C=O) groups excluding carboxylic acids is 2. The second-order valence-electron chi connectivity index (χ2n) is 11.1. The van der Waals surface area contributed by atoms with E-state index < -0.39 is 23.5 Å². The number of aliphatic carboxylic acids is 1. The minimum absolute atomic E-state index is 0.00859. The third kappa shape index (κ3) is 7.92. The summed E-state index contributed by atoms with van der Waals surface area (Å²) in [5.74, 6) is -1.34. The van der Waals surface area contributed by atoms with Gasteiger partial charge in [-0.15, -0.1) is 0 Å². The van der Waals surface area contributed by atoms with E-state index in [0.29, 0.717) is 6.54 Å². The summed E-state index contributed by atoms with van der Waals surface area (Å²) in [6, 6.07) is 8.70. The zero-order valence-corrected chi connectivity index (χ0v) is 22.4. The SMILES string of the molecule is C/C(=C\C(C(C)C)N(C)C(=O)C(NC(=O)C1CCCCN1Cc1ccccc1)C(C)(C)C)C(=O)O. The molecular formula is C28H43N3O4. The van der Waals surface area contributed by atoms with Crippen molar-refractivity contribution in [1.82, 2.24) is 15.1 Å². The summed E-state index contributed by atoms with van der Waals surface area (Å²) in [5.41, 5.74) is 0.835. The molecule has 7 heteroatoms. The van der Waals surface area contributed by atoms with Crippen LogP contribution in [0.2, 0.25) is 0 Å². The standard InChI is InChI=1S/C28H43N3O4/c1-19(2)23(17-20(3)27(34)35)30(7)26(33)24(28(4,5)6)29-25(32)22-15-11-12-16-31(22)18-21-13-9-8-10-14-21/h8-10,13-14,17,19,22-24H,11-12,15-16,18H2,1-7H3,(H,29,32)(H,34,35)/b20-17+. The molecule has 1 heterocycles. The first-order chi connectivity index (χ1) is 16.3. The molecule has 2 rings (SSSR count). The minimum atomic E-state index is -1.01. The summed E-state index contributed by atoms with van der Waals surface area (Å²) in [6.45, 7) is 12.8. The molecule has 1 aliphatic rings. The maximum absolute atomic E-state index is 13.7. The van der Waals surface area contributed by atoms with Gasteiger partial charge in [0, 0.05) is 19.2 Å². The van der Waals surface area contributed by atoms with Crippen LogP contribution in [0.15, 0.2) is 42.0 Å². The maximum Gasteiger partial charge on any atom is 0.331 e. The average Bonchev–Trinajstić information content (AvgIpc) is 2.79. The Morgan fingerprint density at radius 1 is 1.17 bits per heavy atom. The number of hydrogen-bond acceptors (Lipinski definition) is 4. The number of likely N-dealkylation sites (N-methyl/N-ethyl adjacent to an activating group) is 1. The van der Waals surface area contributed by atoms with Crippen LogP contribution in [-0.2, 0) is 20.9 Å². The summed E-state index contributed by atoms with van der Waals surface area (Å²) in [6.07, 6.45) is 4.41. The van der Waals surface area contributed by atoms with Gasteiger partial charge in [-0.05, 0) is 43.2 Å². The predicted molar refractivity (Wildman–Crippen MR) is 139 cm³/mol. The fourth-order valence-corrected chi connectivity index (χ4v) is 4.61. The van der Waals surface area contributed by atoms with Crippen molar-refractivity contribution >= 4 is 17.8 Å². The number of carbonyl (C=O) groups is 3. The Hall–Kier alpha value is -2.67. The second kappa shape index (κ2) is 12.3. The van der Waals surface area contributed by atoms with E-state index in [9.17, 15) is 19.5 Å². The van der Waals surface area contributed by atoms with Gasteiger partial charge in [0.15, 0.2) is 0 Å². The molecule has 1 saturated heterocycles. The topological polar surface area (TPSA) is 90.0 Å². The first-order valence-corrected chi connectivity index (χ1v) is 12.6. The molecule has 1 aliphatic heterocycles. The lowest BCUT2D eigenvalue weighted by molar-refractivity contribution is -0.142. The fraction of sp³-hybridized carbons (Fsp3) is 0.607. The zero-order valence-electron chi connectivity index (χ0n) is 22.4. The van der Waals surface area contributed by atoms with Gasteiger partial charge in [0.1, 0.15) is 6.04 Å². The van der Waals surface area contributed by atoms with Gasteiger partial charge in [-0.2, -0.15) is 0 Å². The third-order valence-corrected chi connectivity index (χ3v) is 6.78. The highest BCUT2D eigenvalue weighted by Gasteiger charge is 2.39. The highest BCUT2D eigenvalue weighted by molar-refractivity contribution is 5.91. The molecule has 1 fully saturated rings. The van der Waals surface area contributed by atoms with Gasteiger partial charge >= 0.3 is 5.97 Å². The van der Waals surface area contributed by atoms with Crippen LogP contribution in [0.1, 0.15) is 66.4 Å². The van der Waals surface area contributed by atoms with Crippen molar-refractivity contribution in [2.24, 2.45) is 11.3 Å². The largest absolute Gasteiger partial charge is 0.478 e. The van der Waals surface area contributed by atoms with Crippen molar-refractivity contribution in [3.63, 3.8) is 0 Å². The number of nitrogens with one attached hydrogen (secondary N) is 1. The van der Waals surface area contributed by atoms with Crippen molar-refractivity contribution in [1.29, 1.82) is 0 Å². The molecule has 2 N–H and O–H groups in total. The Labute approximate surface area is 210 Å². The Kier molecular flexibility index (Phi) is 10.1. The van der Waals surface area contributed by atoms with Crippen LogP contribution in [0.5, 0.6) is 0 Å².